The van der Waals surface area contributed by atoms with E-state index in [9.17, 15) is 4.79 Å². The molecule has 4 rings (SSSR count). The van der Waals surface area contributed by atoms with Gasteiger partial charge in [-0.05, 0) is 61.5 Å². The summed E-state index contributed by atoms with van der Waals surface area (Å²) in [6.45, 7) is 2.53. The van der Waals surface area contributed by atoms with Gasteiger partial charge in [0.25, 0.3) is 0 Å². The van der Waals surface area contributed by atoms with Crippen molar-refractivity contribution in [1.82, 2.24) is 24.7 Å². The van der Waals surface area contributed by atoms with Crippen LogP contribution < -0.4 is 14.8 Å². The van der Waals surface area contributed by atoms with Crippen LogP contribution in [0.4, 0.5) is 5.95 Å². The van der Waals surface area contributed by atoms with Crippen LogP contribution in [-0.4, -0.2) is 50.1 Å². The van der Waals surface area contributed by atoms with E-state index in [2.05, 4.69) is 25.5 Å². The Labute approximate surface area is 195 Å². The number of ether oxygens (including phenoxy) is 2. The van der Waals surface area contributed by atoms with Crippen LogP contribution in [0.3, 0.4) is 0 Å². The van der Waals surface area contributed by atoms with Gasteiger partial charge in [0.05, 0.1) is 19.5 Å². The van der Waals surface area contributed by atoms with Gasteiger partial charge in [-0.2, -0.15) is 0 Å². The maximum atomic E-state index is 12.4. The highest BCUT2D eigenvalue weighted by atomic mass is 32.2. The average molecular weight is 463 g/mol. The van der Waals surface area contributed by atoms with Crippen molar-refractivity contribution < 1.29 is 14.3 Å². The third kappa shape index (κ3) is 5.47. The fourth-order valence-corrected chi connectivity index (χ4v) is 3.79. The Kier molecular flexibility index (Phi) is 7.16. The van der Waals surface area contributed by atoms with Gasteiger partial charge in [0.15, 0.2) is 11.0 Å². The van der Waals surface area contributed by atoms with Gasteiger partial charge in [0, 0.05) is 23.6 Å². The van der Waals surface area contributed by atoms with E-state index in [0.717, 1.165) is 22.7 Å². The van der Waals surface area contributed by atoms with Crippen LogP contribution in [-0.2, 0) is 4.79 Å². The van der Waals surface area contributed by atoms with Gasteiger partial charge in [-0.3, -0.25) is 14.7 Å². The quantitative estimate of drug-likeness (QED) is 0.374. The lowest BCUT2D eigenvalue weighted by atomic mass is 10.2. The lowest BCUT2D eigenvalue weighted by Gasteiger charge is -2.12. The number of thioether (sulfide) groups is 1. The van der Waals surface area contributed by atoms with Crippen LogP contribution in [0, 0.1) is 0 Å². The molecular formula is C23H22N6O3S. The average Bonchev–Trinajstić information content (AvgIpc) is 3.28. The van der Waals surface area contributed by atoms with Crippen LogP contribution in [0.25, 0.3) is 17.1 Å². The highest BCUT2D eigenvalue weighted by molar-refractivity contribution is 7.99. The van der Waals surface area contributed by atoms with E-state index in [1.165, 1.54) is 11.8 Å². The summed E-state index contributed by atoms with van der Waals surface area (Å²) in [6, 6.07) is 16.9. The molecular weight excluding hydrogens is 440 g/mol. The summed E-state index contributed by atoms with van der Waals surface area (Å²) in [7, 11) is 1.62. The van der Waals surface area contributed by atoms with Crippen molar-refractivity contribution in [3.05, 3.63) is 67.0 Å². The van der Waals surface area contributed by atoms with Crippen molar-refractivity contribution in [2.24, 2.45) is 0 Å². The summed E-state index contributed by atoms with van der Waals surface area (Å²) in [4.78, 5) is 20.4. The molecule has 0 bridgehead atoms. The van der Waals surface area contributed by atoms with E-state index in [1.807, 2.05) is 60.0 Å². The van der Waals surface area contributed by atoms with E-state index in [0.29, 0.717) is 17.6 Å². The number of carbonyl (C=O) groups is 1. The Morgan fingerprint density at radius 1 is 1.00 bits per heavy atom. The monoisotopic (exact) mass is 462 g/mol. The molecule has 0 saturated carbocycles. The number of aromatic nitrogens is 5. The van der Waals surface area contributed by atoms with E-state index in [-0.39, 0.29) is 17.6 Å². The number of hydrogen-bond donors (Lipinski definition) is 1. The summed E-state index contributed by atoms with van der Waals surface area (Å²) in [5.41, 5.74) is 1.72. The number of methoxy groups -OCH3 is 1. The number of nitrogens with zero attached hydrogens (tertiary/aromatic N) is 5. The number of rotatable bonds is 9. The van der Waals surface area contributed by atoms with Crippen molar-refractivity contribution in [2.75, 3.05) is 24.8 Å². The summed E-state index contributed by atoms with van der Waals surface area (Å²) in [5, 5.41) is 12.0. The molecule has 0 atom stereocenters. The molecule has 0 unspecified atom stereocenters. The number of hydrogen-bond acceptors (Lipinski definition) is 8. The van der Waals surface area contributed by atoms with Gasteiger partial charge in [-0.1, -0.05) is 11.8 Å². The Morgan fingerprint density at radius 2 is 1.70 bits per heavy atom. The van der Waals surface area contributed by atoms with E-state index < -0.39 is 0 Å². The van der Waals surface area contributed by atoms with Gasteiger partial charge in [-0.15, -0.1) is 10.2 Å². The third-order valence-electron chi connectivity index (χ3n) is 4.54. The van der Waals surface area contributed by atoms with Crippen LogP contribution in [0.5, 0.6) is 11.5 Å². The van der Waals surface area contributed by atoms with Crippen LogP contribution in [0.15, 0.2) is 72.1 Å². The van der Waals surface area contributed by atoms with Gasteiger partial charge >= 0.3 is 0 Å². The first-order valence-corrected chi connectivity index (χ1v) is 11.2. The first kappa shape index (κ1) is 22.3. The molecule has 0 fully saturated rings. The number of nitrogens with one attached hydrogen (secondary N) is 1. The third-order valence-corrected chi connectivity index (χ3v) is 5.47. The normalized spacial score (nSPS) is 10.6. The Morgan fingerprint density at radius 3 is 2.36 bits per heavy atom. The highest BCUT2D eigenvalue weighted by Gasteiger charge is 2.18. The zero-order chi connectivity index (χ0) is 23.0. The summed E-state index contributed by atoms with van der Waals surface area (Å²) in [5.74, 6) is 2.32. The van der Waals surface area contributed by atoms with Crippen LogP contribution >= 0.6 is 11.8 Å². The minimum atomic E-state index is -0.238. The lowest BCUT2D eigenvalue weighted by Crippen LogP contribution is -2.16. The molecule has 168 valence electrons. The van der Waals surface area contributed by atoms with Gasteiger partial charge < -0.3 is 9.47 Å². The number of carbonyl (C=O) groups excluding carboxylic acids is 1. The predicted octanol–water partition coefficient (Wildman–Crippen LogP) is 3.86. The number of benzene rings is 2. The van der Waals surface area contributed by atoms with Crippen molar-refractivity contribution in [3.8, 4) is 28.6 Å². The van der Waals surface area contributed by atoms with E-state index in [1.54, 1.807) is 25.6 Å². The van der Waals surface area contributed by atoms with Gasteiger partial charge in [-0.25, -0.2) is 9.97 Å². The Bertz CT molecular complexity index is 1200. The summed E-state index contributed by atoms with van der Waals surface area (Å²) >= 11 is 1.27. The molecule has 10 heteroatoms. The van der Waals surface area contributed by atoms with Crippen molar-refractivity contribution >= 4 is 23.6 Å². The second-order valence-electron chi connectivity index (χ2n) is 6.71. The number of anilines is 1. The zero-order valence-electron chi connectivity index (χ0n) is 18.1. The molecule has 1 amide bonds. The number of amides is 1. The van der Waals surface area contributed by atoms with E-state index in [4.69, 9.17) is 9.47 Å². The summed E-state index contributed by atoms with van der Waals surface area (Å²) < 4.78 is 12.7. The second-order valence-corrected chi connectivity index (χ2v) is 7.65. The van der Waals surface area contributed by atoms with Crippen molar-refractivity contribution in [1.29, 1.82) is 0 Å². The molecule has 2 heterocycles. The van der Waals surface area contributed by atoms with Gasteiger partial charge in [0.2, 0.25) is 11.9 Å². The molecule has 0 aliphatic heterocycles. The molecule has 2 aromatic heterocycles. The molecule has 0 saturated heterocycles. The fraction of sp³-hybridized carbons (Fsp3) is 0.174. The topological polar surface area (TPSA) is 104 Å². The maximum absolute atomic E-state index is 12.4. The zero-order valence-corrected chi connectivity index (χ0v) is 19.0. The van der Waals surface area contributed by atoms with Crippen LogP contribution in [0.2, 0.25) is 0 Å². The summed E-state index contributed by atoms with van der Waals surface area (Å²) in [6.07, 6.45) is 3.14. The largest absolute Gasteiger partial charge is 0.497 e. The first-order chi connectivity index (χ1) is 16.2. The Hall–Kier alpha value is -3.92. The minimum absolute atomic E-state index is 0.121. The molecule has 0 aliphatic carbocycles. The molecule has 0 radical (unpaired) electrons. The molecule has 9 nitrogen and oxygen atoms in total. The lowest BCUT2D eigenvalue weighted by molar-refractivity contribution is -0.113. The standard InChI is InChI=1S/C23H22N6O3S/c1-3-32-19-11-7-17(8-12-19)29-21(16-5-9-18(31-2)10-6-16)27-28-23(29)33-15-20(30)26-22-24-13-4-14-25-22/h4-14H,3,15H2,1-2H3,(H,24,25,26,30). The van der Waals surface area contributed by atoms with E-state index >= 15 is 0 Å². The molecule has 0 spiro atoms. The molecule has 1 N–H and O–H groups in total. The molecule has 2 aromatic carbocycles. The van der Waals surface area contributed by atoms with Crippen molar-refractivity contribution in [2.45, 2.75) is 12.1 Å². The maximum Gasteiger partial charge on any atom is 0.237 e. The second kappa shape index (κ2) is 10.6. The fourth-order valence-electron chi connectivity index (χ4n) is 3.04. The molecule has 33 heavy (non-hydrogen) atoms. The van der Waals surface area contributed by atoms with Gasteiger partial charge in [0.1, 0.15) is 11.5 Å². The molecule has 4 aromatic rings. The highest BCUT2D eigenvalue weighted by Crippen LogP contribution is 2.30. The van der Waals surface area contributed by atoms with Crippen molar-refractivity contribution in [3.63, 3.8) is 0 Å². The smallest absolute Gasteiger partial charge is 0.237 e. The first-order valence-electron chi connectivity index (χ1n) is 10.2. The Balaban J connectivity index is 1.61. The predicted molar refractivity (Wildman–Crippen MR) is 126 cm³/mol. The van der Waals surface area contributed by atoms with Crippen LogP contribution in [0.1, 0.15) is 6.92 Å². The minimum Gasteiger partial charge on any atom is -0.497 e. The SMILES string of the molecule is CCOc1ccc(-n2c(SCC(=O)Nc3ncccn3)nnc2-c2ccc(OC)cc2)cc1. The molecule has 0 aliphatic rings.